The number of sulfonamides is 1. The van der Waals surface area contributed by atoms with Crippen molar-refractivity contribution in [3.63, 3.8) is 0 Å². The van der Waals surface area contributed by atoms with E-state index in [1.807, 2.05) is 31.2 Å². The Hall–Kier alpha value is -2.40. The summed E-state index contributed by atoms with van der Waals surface area (Å²) >= 11 is 0. The molecule has 2 aliphatic rings. The van der Waals surface area contributed by atoms with Gasteiger partial charge in [0.05, 0.1) is 22.0 Å². The van der Waals surface area contributed by atoms with Crippen LogP contribution in [0.15, 0.2) is 71.1 Å². The molecule has 0 N–H and O–H groups in total. The van der Waals surface area contributed by atoms with Crippen molar-refractivity contribution in [2.75, 3.05) is 4.31 Å². The second kappa shape index (κ2) is 5.81. The van der Waals surface area contributed by atoms with Crippen LogP contribution in [0.3, 0.4) is 0 Å². The number of carbonyl (C=O) groups is 1. The maximum absolute atomic E-state index is 13.5. The number of fused-ring (bicyclic) bond motifs is 3. The zero-order valence-electron chi connectivity index (χ0n) is 14.8. The molecule has 0 bridgehead atoms. The fourth-order valence-electron chi connectivity index (χ4n) is 4.39. The van der Waals surface area contributed by atoms with E-state index in [1.54, 1.807) is 37.3 Å². The van der Waals surface area contributed by atoms with Gasteiger partial charge in [-0.25, -0.2) is 8.42 Å². The molecule has 0 spiro atoms. The van der Waals surface area contributed by atoms with E-state index in [1.165, 1.54) is 4.31 Å². The Morgan fingerprint density at radius 2 is 1.73 bits per heavy atom. The summed E-state index contributed by atoms with van der Waals surface area (Å²) in [6.45, 7) is 3.58. The van der Waals surface area contributed by atoms with Crippen molar-refractivity contribution >= 4 is 21.5 Å². The molecule has 2 aromatic carbocycles. The molecule has 5 heteroatoms. The van der Waals surface area contributed by atoms with Gasteiger partial charge in [-0.15, -0.1) is 0 Å². The average Bonchev–Trinajstić information content (AvgIpc) is 2.93. The Labute approximate surface area is 154 Å². The number of nitrogens with zero attached hydrogens (tertiary/aromatic N) is 1. The molecule has 1 heterocycles. The summed E-state index contributed by atoms with van der Waals surface area (Å²) in [4.78, 5) is 13.1. The number of hydrogen-bond acceptors (Lipinski definition) is 3. The zero-order valence-corrected chi connectivity index (χ0v) is 15.7. The van der Waals surface area contributed by atoms with Crippen LogP contribution in [0, 0.1) is 0 Å². The number of carbonyl (C=O) groups excluding carboxylic acids is 1. The molecule has 0 amide bonds. The first-order chi connectivity index (χ1) is 12.4. The third-order valence-corrected chi connectivity index (χ3v) is 7.53. The molecular weight excluding hydrogens is 346 g/mol. The monoisotopic (exact) mass is 367 g/mol. The Balaban J connectivity index is 1.99. The molecule has 1 aliphatic heterocycles. The standard InChI is InChI=1S/C21H21NO3S/c1-15-12-13-21(16(2)23)18-10-6-7-11-19(18)22(20(21)14-15)26(24,25)17-8-4-3-5-9-17/h3-12,20H,13-14H2,1-2H3/t20-,21+/m0/s1. The molecule has 134 valence electrons. The molecule has 0 saturated carbocycles. The normalized spacial score (nSPS) is 24.6. The molecule has 0 aromatic heterocycles. The zero-order chi connectivity index (χ0) is 18.5. The van der Waals surface area contributed by atoms with Crippen LogP contribution in [0.1, 0.15) is 32.3 Å². The van der Waals surface area contributed by atoms with Gasteiger partial charge in [0, 0.05) is 0 Å². The summed E-state index contributed by atoms with van der Waals surface area (Å²) in [7, 11) is -3.76. The maximum Gasteiger partial charge on any atom is 0.264 e. The first-order valence-electron chi connectivity index (χ1n) is 8.74. The number of hydrogen-bond donors (Lipinski definition) is 0. The molecule has 1 aliphatic carbocycles. The lowest BCUT2D eigenvalue weighted by Gasteiger charge is -2.39. The van der Waals surface area contributed by atoms with E-state index in [0.717, 1.165) is 11.1 Å². The molecule has 0 unspecified atom stereocenters. The first-order valence-corrected chi connectivity index (χ1v) is 10.2. The fraction of sp³-hybridized carbons (Fsp3) is 0.286. The summed E-state index contributed by atoms with van der Waals surface area (Å²) in [5, 5.41) is 0. The van der Waals surface area contributed by atoms with Crippen molar-refractivity contribution in [1.82, 2.24) is 0 Å². The highest BCUT2D eigenvalue weighted by Gasteiger charge is 2.57. The second-order valence-corrected chi connectivity index (χ2v) is 8.95. The van der Waals surface area contributed by atoms with Crippen LogP contribution in [0.25, 0.3) is 0 Å². The van der Waals surface area contributed by atoms with Crippen LogP contribution in [0.4, 0.5) is 5.69 Å². The number of para-hydroxylation sites is 1. The van der Waals surface area contributed by atoms with E-state index in [9.17, 15) is 13.2 Å². The number of anilines is 1. The number of benzene rings is 2. The molecule has 2 aromatic rings. The maximum atomic E-state index is 13.5. The molecule has 0 fully saturated rings. The van der Waals surface area contributed by atoms with Gasteiger partial charge in [-0.3, -0.25) is 9.10 Å². The van der Waals surface area contributed by atoms with E-state index in [0.29, 0.717) is 18.5 Å². The Bertz CT molecular complexity index is 1010. The summed E-state index contributed by atoms with van der Waals surface area (Å²) < 4.78 is 28.5. The Morgan fingerprint density at radius 1 is 1.08 bits per heavy atom. The lowest BCUT2D eigenvalue weighted by Crippen LogP contribution is -2.52. The van der Waals surface area contributed by atoms with Crippen molar-refractivity contribution in [3.05, 3.63) is 71.8 Å². The summed E-state index contributed by atoms with van der Waals surface area (Å²) in [5.41, 5.74) is 1.76. The number of allylic oxidation sites excluding steroid dienone is 1. The highest BCUT2D eigenvalue weighted by atomic mass is 32.2. The Kier molecular flexibility index (Phi) is 3.81. The fourth-order valence-corrected chi connectivity index (χ4v) is 6.12. The SMILES string of the molecule is CC(=O)[C@@]12CC=C(C)C[C@@H]1N(S(=O)(=O)c1ccccc1)c1ccccc12. The van der Waals surface area contributed by atoms with Gasteiger partial charge in [0.2, 0.25) is 0 Å². The average molecular weight is 367 g/mol. The van der Waals surface area contributed by atoms with Crippen LogP contribution in [-0.4, -0.2) is 20.2 Å². The van der Waals surface area contributed by atoms with Crippen LogP contribution >= 0.6 is 0 Å². The summed E-state index contributed by atoms with van der Waals surface area (Å²) in [6.07, 6.45) is 3.17. The molecule has 2 atom stereocenters. The third kappa shape index (κ3) is 2.20. The highest BCUT2D eigenvalue weighted by molar-refractivity contribution is 7.92. The van der Waals surface area contributed by atoms with E-state index in [-0.39, 0.29) is 10.7 Å². The summed E-state index contributed by atoms with van der Waals surface area (Å²) in [6, 6.07) is 15.5. The lowest BCUT2D eigenvalue weighted by atomic mass is 9.67. The number of rotatable bonds is 3. The van der Waals surface area contributed by atoms with Crippen LogP contribution < -0.4 is 4.31 Å². The molecule has 0 saturated heterocycles. The predicted octanol–water partition coefficient (Wildman–Crippen LogP) is 3.83. The van der Waals surface area contributed by atoms with E-state index in [2.05, 4.69) is 6.08 Å². The first kappa shape index (κ1) is 17.0. The van der Waals surface area contributed by atoms with Gasteiger partial charge in [-0.2, -0.15) is 0 Å². The number of Topliss-reactive ketones (excluding diaryl/α,β-unsaturated/α-hetero) is 1. The lowest BCUT2D eigenvalue weighted by molar-refractivity contribution is -0.122. The second-order valence-electron chi connectivity index (χ2n) is 7.13. The predicted molar refractivity (Wildman–Crippen MR) is 102 cm³/mol. The third-order valence-electron chi connectivity index (χ3n) is 5.69. The molecular formula is C21H21NO3S. The van der Waals surface area contributed by atoms with Crippen LogP contribution in [-0.2, 0) is 20.2 Å². The Morgan fingerprint density at radius 3 is 2.42 bits per heavy atom. The minimum Gasteiger partial charge on any atom is -0.299 e. The molecule has 4 rings (SSSR count). The molecule has 0 radical (unpaired) electrons. The van der Waals surface area contributed by atoms with E-state index in [4.69, 9.17) is 0 Å². The van der Waals surface area contributed by atoms with Gasteiger partial charge < -0.3 is 0 Å². The van der Waals surface area contributed by atoms with E-state index < -0.39 is 21.5 Å². The minimum atomic E-state index is -3.76. The van der Waals surface area contributed by atoms with Crippen LogP contribution in [0.2, 0.25) is 0 Å². The molecule has 4 nitrogen and oxygen atoms in total. The number of ketones is 1. The quantitative estimate of drug-likeness (QED) is 0.775. The smallest absolute Gasteiger partial charge is 0.264 e. The van der Waals surface area contributed by atoms with Gasteiger partial charge in [0.15, 0.2) is 0 Å². The topological polar surface area (TPSA) is 54.5 Å². The van der Waals surface area contributed by atoms with Gasteiger partial charge in [0.1, 0.15) is 5.78 Å². The minimum absolute atomic E-state index is 0.0180. The van der Waals surface area contributed by atoms with E-state index >= 15 is 0 Å². The van der Waals surface area contributed by atoms with Crippen molar-refractivity contribution in [2.45, 2.75) is 43.0 Å². The van der Waals surface area contributed by atoms with Crippen molar-refractivity contribution in [2.24, 2.45) is 0 Å². The van der Waals surface area contributed by atoms with Gasteiger partial charge in [-0.1, -0.05) is 48.0 Å². The van der Waals surface area contributed by atoms with Gasteiger partial charge in [0.25, 0.3) is 10.0 Å². The summed E-state index contributed by atoms with van der Waals surface area (Å²) in [5.74, 6) is 0.0180. The van der Waals surface area contributed by atoms with Crippen molar-refractivity contribution < 1.29 is 13.2 Å². The van der Waals surface area contributed by atoms with Crippen molar-refractivity contribution in [3.8, 4) is 0 Å². The van der Waals surface area contributed by atoms with Crippen molar-refractivity contribution in [1.29, 1.82) is 0 Å². The van der Waals surface area contributed by atoms with Gasteiger partial charge in [-0.05, 0) is 50.5 Å². The molecule has 26 heavy (non-hydrogen) atoms. The highest BCUT2D eigenvalue weighted by Crippen LogP contribution is 2.53. The van der Waals surface area contributed by atoms with Gasteiger partial charge >= 0.3 is 0 Å². The largest absolute Gasteiger partial charge is 0.299 e. The van der Waals surface area contributed by atoms with Crippen LogP contribution in [0.5, 0.6) is 0 Å².